The molecule has 0 fully saturated rings. The van der Waals surface area contributed by atoms with E-state index in [0.717, 1.165) is 13.1 Å². The first-order valence-corrected chi connectivity index (χ1v) is 5.18. The molecule has 2 N–H and O–H groups in total. The van der Waals surface area contributed by atoms with Crippen LogP contribution in [-0.2, 0) is 13.1 Å². The van der Waals surface area contributed by atoms with Crippen LogP contribution in [0.4, 0.5) is 0 Å². The molecule has 0 aliphatic carbocycles. The maximum absolute atomic E-state index is 3.43. The first-order chi connectivity index (χ1) is 6.74. The fourth-order valence-corrected chi connectivity index (χ4v) is 1.41. The van der Waals surface area contributed by atoms with Gasteiger partial charge in [-0.15, -0.1) is 0 Å². The number of benzene rings is 1. The van der Waals surface area contributed by atoms with Crippen molar-refractivity contribution in [2.24, 2.45) is 0 Å². The van der Waals surface area contributed by atoms with E-state index >= 15 is 0 Å². The SMILES string of the molecule is CNCc1ccccc1CNC(C)C. The third-order valence-electron chi connectivity index (χ3n) is 2.19. The monoisotopic (exact) mass is 192 g/mol. The average Bonchev–Trinajstić information content (AvgIpc) is 2.17. The molecule has 0 unspecified atom stereocenters. The Hall–Kier alpha value is -0.860. The van der Waals surface area contributed by atoms with E-state index in [0.29, 0.717) is 6.04 Å². The van der Waals surface area contributed by atoms with Gasteiger partial charge in [-0.25, -0.2) is 0 Å². The van der Waals surface area contributed by atoms with Gasteiger partial charge in [0.25, 0.3) is 0 Å². The normalized spacial score (nSPS) is 10.9. The molecule has 0 spiro atoms. The van der Waals surface area contributed by atoms with Crippen LogP contribution in [0.2, 0.25) is 0 Å². The first kappa shape index (κ1) is 11.2. The minimum atomic E-state index is 0.539. The summed E-state index contributed by atoms with van der Waals surface area (Å²) in [5.41, 5.74) is 2.76. The van der Waals surface area contributed by atoms with E-state index in [-0.39, 0.29) is 0 Å². The molecule has 78 valence electrons. The molecule has 0 amide bonds. The summed E-state index contributed by atoms with van der Waals surface area (Å²) in [6, 6.07) is 9.08. The Morgan fingerprint density at radius 2 is 1.64 bits per heavy atom. The van der Waals surface area contributed by atoms with Gasteiger partial charge in [0.15, 0.2) is 0 Å². The van der Waals surface area contributed by atoms with Crippen molar-refractivity contribution < 1.29 is 0 Å². The molecule has 1 rings (SSSR count). The van der Waals surface area contributed by atoms with Crippen molar-refractivity contribution in [2.75, 3.05) is 7.05 Å². The Balaban J connectivity index is 2.64. The van der Waals surface area contributed by atoms with Crippen LogP contribution in [0.5, 0.6) is 0 Å². The molecule has 2 nitrogen and oxygen atoms in total. The molecule has 0 saturated heterocycles. The van der Waals surface area contributed by atoms with Crippen LogP contribution < -0.4 is 10.6 Å². The molecule has 2 heteroatoms. The minimum absolute atomic E-state index is 0.539. The summed E-state index contributed by atoms with van der Waals surface area (Å²) in [6.07, 6.45) is 0. The predicted octanol–water partition coefficient (Wildman–Crippen LogP) is 1.90. The topological polar surface area (TPSA) is 24.1 Å². The van der Waals surface area contributed by atoms with Gasteiger partial charge in [0, 0.05) is 19.1 Å². The Kier molecular flexibility index (Phi) is 4.63. The summed E-state index contributed by atoms with van der Waals surface area (Å²) in [6.45, 7) is 6.23. The fourth-order valence-electron chi connectivity index (χ4n) is 1.41. The van der Waals surface area contributed by atoms with Crippen molar-refractivity contribution >= 4 is 0 Å². The van der Waals surface area contributed by atoms with Gasteiger partial charge in [0.2, 0.25) is 0 Å². The van der Waals surface area contributed by atoms with Crippen LogP contribution in [0, 0.1) is 0 Å². The second kappa shape index (κ2) is 5.78. The fraction of sp³-hybridized carbons (Fsp3) is 0.500. The first-order valence-electron chi connectivity index (χ1n) is 5.18. The average molecular weight is 192 g/mol. The summed E-state index contributed by atoms with van der Waals surface area (Å²) in [5, 5.41) is 6.62. The van der Waals surface area contributed by atoms with Gasteiger partial charge in [-0.3, -0.25) is 0 Å². The van der Waals surface area contributed by atoms with Crippen LogP contribution in [0.15, 0.2) is 24.3 Å². The highest BCUT2D eigenvalue weighted by atomic mass is 14.9. The van der Waals surface area contributed by atoms with Crippen molar-refractivity contribution in [3.05, 3.63) is 35.4 Å². The molecule has 14 heavy (non-hydrogen) atoms. The zero-order chi connectivity index (χ0) is 10.4. The second-order valence-corrected chi connectivity index (χ2v) is 3.83. The summed E-state index contributed by atoms with van der Waals surface area (Å²) in [5.74, 6) is 0. The maximum Gasteiger partial charge on any atom is 0.0211 e. The lowest BCUT2D eigenvalue weighted by atomic mass is 10.1. The lowest BCUT2D eigenvalue weighted by molar-refractivity contribution is 0.585. The van der Waals surface area contributed by atoms with E-state index in [2.05, 4.69) is 48.7 Å². The molecule has 1 aromatic rings. The highest BCUT2D eigenvalue weighted by molar-refractivity contribution is 5.26. The molecule has 0 bridgehead atoms. The molecular formula is C12H20N2. The van der Waals surface area contributed by atoms with Gasteiger partial charge >= 0.3 is 0 Å². The molecular weight excluding hydrogens is 172 g/mol. The van der Waals surface area contributed by atoms with E-state index in [1.807, 2.05) is 7.05 Å². The highest BCUT2D eigenvalue weighted by Gasteiger charge is 2.00. The van der Waals surface area contributed by atoms with Crippen molar-refractivity contribution in [1.29, 1.82) is 0 Å². The number of hydrogen-bond donors (Lipinski definition) is 2. The smallest absolute Gasteiger partial charge is 0.0211 e. The standard InChI is InChI=1S/C12H20N2/c1-10(2)14-9-12-7-5-4-6-11(12)8-13-3/h4-7,10,13-14H,8-9H2,1-3H3. The van der Waals surface area contributed by atoms with Crippen LogP contribution >= 0.6 is 0 Å². The van der Waals surface area contributed by atoms with E-state index in [1.165, 1.54) is 11.1 Å². The van der Waals surface area contributed by atoms with E-state index < -0.39 is 0 Å². The zero-order valence-corrected chi connectivity index (χ0v) is 9.30. The largest absolute Gasteiger partial charge is 0.316 e. The quantitative estimate of drug-likeness (QED) is 0.744. The van der Waals surface area contributed by atoms with Crippen LogP contribution in [-0.4, -0.2) is 13.1 Å². The lowest BCUT2D eigenvalue weighted by Crippen LogP contribution is -2.23. The van der Waals surface area contributed by atoms with Crippen molar-refractivity contribution in [3.63, 3.8) is 0 Å². The summed E-state index contributed by atoms with van der Waals surface area (Å²) >= 11 is 0. The van der Waals surface area contributed by atoms with Crippen molar-refractivity contribution in [2.45, 2.75) is 33.0 Å². The Labute approximate surface area is 86.7 Å². The number of hydrogen-bond acceptors (Lipinski definition) is 2. The zero-order valence-electron chi connectivity index (χ0n) is 9.30. The van der Waals surface area contributed by atoms with Gasteiger partial charge in [-0.2, -0.15) is 0 Å². The van der Waals surface area contributed by atoms with Crippen molar-refractivity contribution in [1.82, 2.24) is 10.6 Å². The van der Waals surface area contributed by atoms with Crippen LogP contribution in [0.3, 0.4) is 0 Å². The Morgan fingerprint density at radius 1 is 1.07 bits per heavy atom. The van der Waals surface area contributed by atoms with Crippen LogP contribution in [0.1, 0.15) is 25.0 Å². The van der Waals surface area contributed by atoms with Crippen molar-refractivity contribution in [3.8, 4) is 0 Å². The second-order valence-electron chi connectivity index (χ2n) is 3.83. The van der Waals surface area contributed by atoms with E-state index in [9.17, 15) is 0 Å². The minimum Gasteiger partial charge on any atom is -0.316 e. The van der Waals surface area contributed by atoms with Gasteiger partial charge in [-0.05, 0) is 18.2 Å². The summed E-state index contributed by atoms with van der Waals surface area (Å²) in [4.78, 5) is 0. The Bertz CT molecular complexity index is 269. The van der Waals surface area contributed by atoms with Gasteiger partial charge in [-0.1, -0.05) is 38.1 Å². The molecule has 0 aliphatic rings. The highest BCUT2D eigenvalue weighted by Crippen LogP contribution is 2.08. The third-order valence-corrected chi connectivity index (χ3v) is 2.19. The molecule has 1 aromatic carbocycles. The van der Waals surface area contributed by atoms with Gasteiger partial charge in [0.05, 0.1) is 0 Å². The number of rotatable bonds is 5. The van der Waals surface area contributed by atoms with Gasteiger partial charge in [0.1, 0.15) is 0 Å². The molecule has 0 saturated carbocycles. The predicted molar refractivity (Wildman–Crippen MR) is 61.2 cm³/mol. The van der Waals surface area contributed by atoms with Crippen LogP contribution in [0.25, 0.3) is 0 Å². The molecule has 0 atom stereocenters. The maximum atomic E-state index is 3.43. The third kappa shape index (κ3) is 3.48. The molecule has 0 radical (unpaired) electrons. The molecule has 0 heterocycles. The lowest BCUT2D eigenvalue weighted by Gasteiger charge is -2.12. The van der Waals surface area contributed by atoms with E-state index in [1.54, 1.807) is 0 Å². The molecule has 0 aromatic heterocycles. The van der Waals surface area contributed by atoms with E-state index in [4.69, 9.17) is 0 Å². The number of nitrogens with one attached hydrogen (secondary N) is 2. The summed E-state index contributed by atoms with van der Waals surface area (Å²) < 4.78 is 0. The Morgan fingerprint density at radius 3 is 2.14 bits per heavy atom. The summed E-state index contributed by atoms with van der Waals surface area (Å²) in [7, 11) is 1.98. The van der Waals surface area contributed by atoms with Gasteiger partial charge < -0.3 is 10.6 Å². The molecule has 0 aliphatic heterocycles.